The van der Waals surface area contributed by atoms with Gasteiger partial charge in [-0.25, -0.2) is 4.39 Å². The number of hydrogen-bond donors (Lipinski definition) is 2. The van der Waals surface area contributed by atoms with Crippen LogP contribution in [0.5, 0.6) is 5.75 Å². The summed E-state index contributed by atoms with van der Waals surface area (Å²) >= 11 is 0. The van der Waals surface area contributed by atoms with Crippen molar-refractivity contribution in [3.8, 4) is 5.75 Å². The lowest BCUT2D eigenvalue weighted by Crippen LogP contribution is -2.30. The first kappa shape index (κ1) is 21.3. The van der Waals surface area contributed by atoms with Gasteiger partial charge in [0, 0.05) is 36.1 Å². The second-order valence-corrected chi connectivity index (χ2v) is 8.13. The maximum Gasteiger partial charge on any atom is 0.254 e. The average molecular weight is 426 g/mol. The molecular formula is C24H27FN2O4. The van der Waals surface area contributed by atoms with Gasteiger partial charge in [-0.05, 0) is 24.6 Å². The first-order valence-corrected chi connectivity index (χ1v) is 10.5. The Balaban J connectivity index is 1.69. The molecule has 1 saturated carbocycles. The summed E-state index contributed by atoms with van der Waals surface area (Å²) in [5.41, 5.74) is 1.81. The monoisotopic (exact) mass is 426 g/mol. The van der Waals surface area contributed by atoms with Gasteiger partial charge in [-0.15, -0.1) is 0 Å². The van der Waals surface area contributed by atoms with E-state index in [1.54, 1.807) is 12.1 Å². The maximum atomic E-state index is 13.9. The number of amides is 2. The summed E-state index contributed by atoms with van der Waals surface area (Å²) < 4.78 is 25.1. The summed E-state index contributed by atoms with van der Waals surface area (Å²) in [6.07, 6.45) is 6.53. The van der Waals surface area contributed by atoms with Crippen molar-refractivity contribution in [2.75, 3.05) is 26.9 Å². The van der Waals surface area contributed by atoms with Gasteiger partial charge in [0.2, 0.25) is 0 Å². The first-order chi connectivity index (χ1) is 15.0. The summed E-state index contributed by atoms with van der Waals surface area (Å²) in [6, 6.07) is 3.31. The number of benzene rings is 1. The lowest BCUT2D eigenvalue weighted by Gasteiger charge is -2.16. The second kappa shape index (κ2) is 8.67. The Kier molecular flexibility index (Phi) is 5.96. The smallest absolute Gasteiger partial charge is 0.254 e. The molecule has 1 aromatic carbocycles. The normalized spacial score (nSPS) is 28.3. The van der Waals surface area contributed by atoms with Gasteiger partial charge in [0.15, 0.2) is 0 Å². The van der Waals surface area contributed by atoms with E-state index >= 15 is 0 Å². The van der Waals surface area contributed by atoms with Gasteiger partial charge in [0.25, 0.3) is 11.8 Å². The third kappa shape index (κ3) is 3.90. The maximum absolute atomic E-state index is 13.9. The van der Waals surface area contributed by atoms with Crippen LogP contribution in [0.1, 0.15) is 39.1 Å². The number of hydrogen-bond acceptors (Lipinski definition) is 4. The van der Waals surface area contributed by atoms with E-state index in [0.717, 1.165) is 0 Å². The highest BCUT2D eigenvalue weighted by molar-refractivity contribution is 6.02. The molecule has 31 heavy (non-hydrogen) atoms. The number of fused-ring (bicyclic) bond motifs is 2. The third-order valence-electron chi connectivity index (χ3n) is 6.24. The molecule has 7 heteroatoms. The molecule has 0 radical (unpaired) electrons. The minimum atomic E-state index is -0.806. The van der Waals surface area contributed by atoms with Crippen molar-refractivity contribution < 1.29 is 23.5 Å². The summed E-state index contributed by atoms with van der Waals surface area (Å²) in [6.45, 7) is 6.57. The number of ether oxygens (including phenoxy) is 2. The molecule has 164 valence electrons. The van der Waals surface area contributed by atoms with E-state index in [4.69, 9.17) is 9.47 Å². The fraction of sp³-hybridized carbons (Fsp3) is 0.417. The van der Waals surface area contributed by atoms with E-state index in [9.17, 15) is 14.0 Å². The molecule has 1 aromatic rings. The van der Waals surface area contributed by atoms with Crippen LogP contribution in [-0.2, 0) is 4.74 Å². The molecule has 2 aliphatic heterocycles. The molecule has 2 amide bonds. The number of nitrogens with one attached hydrogen (secondary N) is 2. The van der Waals surface area contributed by atoms with E-state index in [1.165, 1.54) is 13.1 Å². The van der Waals surface area contributed by atoms with Crippen LogP contribution >= 0.6 is 0 Å². The van der Waals surface area contributed by atoms with Crippen LogP contribution < -0.4 is 15.4 Å². The largest absolute Gasteiger partial charge is 0.486 e. The van der Waals surface area contributed by atoms with Crippen molar-refractivity contribution in [2.24, 2.45) is 11.8 Å². The van der Waals surface area contributed by atoms with Gasteiger partial charge < -0.3 is 20.1 Å². The molecule has 0 bridgehead atoms. The lowest BCUT2D eigenvalue weighted by molar-refractivity contribution is 0.0929. The van der Waals surface area contributed by atoms with E-state index < -0.39 is 24.6 Å². The molecule has 1 aliphatic carbocycles. The van der Waals surface area contributed by atoms with Crippen LogP contribution in [0.3, 0.4) is 0 Å². The molecule has 1 saturated heterocycles. The highest BCUT2D eigenvalue weighted by Crippen LogP contribution is 2.46. The number of carbonyl (C=O) groups excluding carboxylic acids is 2. The quantitative estimate of drug-likeness (QED) is 0.658. The van der Waals surface area contributed by atoms with Crippen LogP contribution in [0.2, 0.25) is 0 Å². The second-order valence-electron chi connectivity index (χ2n) is 8.13. The Morgan fingerprint density at radius 2 is 1.97 bits per heavy atom. The molecule has 4 rings (SSSR count). The highest BCUT2D eigenvalue weighted by atomic mass is 19.1. The van der Waals surface area contributed by atoms with Gasteiger partial charge >= 0.3 is 0 Å². The van der Waals surface area contributed by atoms with Crippen LogP contribution in [0, 0.1) is 11.8 Å². The third-order valence-corrected chi connectivity index (χ3v) is 6.24. The van der Waals surface area contributed by atoms with Crippen LogP contribution in [0.4, 0.5) is 4.39 Å². The molecular weight excluding hydrogens is 399 g/mol. The van der Waals surface area contributed by atoms with Crippen molar-refractivity contribution in [2.45, 2.75) is 25.0 Å². The van der Waals surface area contributed by atoms with Crippen LogP contribution in [-0.4, -0.2) is 50.9 Å². The van der Waals surface area contributed by atoms with Crippen LogP contribution in [0.15, 0.2) is 48.6 Å². The van der Waals surface area contributed by atoms with Crippen molar-refractivity contribution in [3.63, 3.8) is 0 Å². The standard InChI is InChI=1S/C24H27FN2O4/c1-4-5-6-7-13(2)20-15-8-14(23(28)27-21-17-11-30-12-18(17)21)9-16(24(29)26-3)22(15)31-19(20)10-25/h4-9,17-21H,2,10-12H2,1,3H3,(H,26,29)(H,27,28)/b5-4-,7-6-/t17-,18+,19-,20-,21?/m1/s1. The van der Waals surface area contributed by atoms with E-state index in [1.807, 2.05) is 25.2 Å². The predicted octanol–water partition coefficient (Wildman–Crippen LogP) is 2.92. The fourth-order valence-corrected chi connectivity index (χ4v) is 4.51. The van der Waals surface area contributed by atoms with Gasteiger partial charge in [0.05, 0.1) is 24.7 Å². The zero-order valence-corrected chi connectivity index (χ0v) is 17.7. The molecule has 1 unspecified atom stereocenters. The number of halogens is 1. The zero-order valence-electron chi connectivity index (χ0n) is 17.7. The number of rotatable bonds is 7. The summed E-state index contributed by atoms with van der Waals surface area (Å²) in [5.74, 6) is -0.117. The Morgan fingerprint density at radius 3 is 2.61 bits per heavy atom. The topological polar surface area (TPSA) is 76.7 Å². The Labute approximate surface area is 181 Å². The minimum Gasteiger partial charge on any atom is -0.486 e. The van der Waals surface area contributed by atoms with E-state index in [0.29, 0.717) is 47.5 Å². The van der Waals surface area contributed by atoms with Gasteiger partial charge in [-0.2, -0.15) is 0 Å². The SMILES string of the molecule is C=C(/C=C\C=C/C)[C@@H]1c2cc(C(=O)NC3[C@H]4COC[C@@H]34)cc(C(=O)NC)c2O[C@@H]1CF. The predicted molar refractivity (Wildman–Crippen MR) is 115 cm³/mol. The summed E-state index contributed by atoms with van der Waals surface area (Å²) in [5, 5.41) is 5.62. The van der Waals surface area contributed by atoms with Gasteiger partial charge in [0.1, 0.15) is 18.5 Å². The Morgan fingerprint density at radius 1 is 1.23 bits per heavy atom. The molecule has 5 atom stereocenters. The Bertz CT molecular complexity index is 961. The molecule has 6 nitrogen and oxygen atoms in total. The molecule has 2 N–H and O–H groups in total. The van der Waals surface area contributed by atoms with Crippen molar-refractivity contribution >= 4 is 11.8 Å². The summed E-state index contributed by atoms with van der Waals surface area (Å²) in [7, 11) is 1.50. The lowest BCUT2D eigenvalue weighted by atomic mass is 9.86. The van der Waals surface area contributed by atoms with Crippen molar-refractivity contribution in [1.29, 1.82) is 0 Å². The molecule has 2 fully saturated rings. The van der Waals surface area contributed by atoms with Crippen molar-refractivity contribution in [3.05, 3.63) is 65.3 Å². The number of carbonyl (C=O) groups is 2. The minimum absolute atomic E-state index is 0.0994. The average Bonchev–Trinajstić information content (AvgIpc) is 3.13. The molecule has 0 spiro atoms. The first-order valence-electron chi connectivity index (χ1n) is 10.5. The Hall–Kier alpha value is -2.93. The van der Waals surface area contributed by atoms with Crippen molar-refractivity contribution in [1.82, 2.24) is 10.6 Å². The number of allylic oxidation sites excluding steroid dienone is 4. The van der Waals surface area contributed by atoms with E-state index in [2.05, 4.69) is 17.2 Å². The molecule has 3 aliphatic rings. The fourth-order valence-electron chi connectivity index (χ4n) is 4.51. The van der Waals surface area contributed by atoms with Gasteiger partial charge in [-0.1, -0.05) is 30.9 Å². The molecule has 0 aromatic heterocycles. The van der Waals surface area contributed by atoms with E-state index in [-0.39, 0.29) is 17.5 Å². The van der Waals surface area contributed by atoms with Gasteiger partial charge in [-0.3, -0.25) is 9.59 Å². The zero-order chi connectivity index (χ0) is 22.1. The summed E-state index contributed by atoms with van der Waals surface area (Å²) in [4.78, 5) is 25.5. The number of alkyl halides is 1. The highest BCUT2D eigenvalue weighted by Gasteiger charge is 2.54. The molecule has 2 heterocycles. The van der Waals surface area contributed by atoms with Crippen LogP contribution in [0.25, 0.3) is 0 Å².